The standard InChI is InChI=1S/C11H22ClNO/c1-9(2)11(12)8-13-7-10-3-5-14-6-4-10/h9-11,13H,3-8H2,1-2H3. The number of ether oxygens (including phenoxy) is 1. The van der Waals surface area contributed by atoms with Crippen LogP contribution in [0.25, 0.3) is 0 Å². The number of alkyl halides is 1. The van der Waals surface area contributed by atoms with Gasteiger partial charge < -0.3 is 10.1 Å². The lowest BCUT2D eigenvalue weighted by atomic mass is 10.0. The molecule has 2 nitrogen and oxygen atoms in total. The predicted octanol–water partition coefficient (Wildman–Crippen LogP) is 2.27. The zero-order chi connectivity index (χ0) is 10.4. The van der Waals surface area contributed by atoms with Crippen molar-refractivity contribution in [2.75, 3.05) is 26.3 Å². The number of hydrogen-bond acceptors (Lipinski definition) is 2. The summed E-state index contributed by atoms with van der Waals surface area (Å²) in [5.41, 5.74) is 0. The summed E-state index contributed by atoms with van der Waals surface area (Å²) in [6.45, 7) is 8.21. The quantitative estimate of drug-likeness (QED) is 0.717. The van der Waals surface area contributed by atoms with Crippen LogP contribution in [0, 0.1) is 11.8 Å². The Labute approximate surface area is 92.3 Å². The Balaban J connectivity index is 2.02. The van der Waals surface area contributed by atoms with E-state index in [0.717, 1.165) is 32.2 Å². The molecule has 1 atom stereocenters. The highest BCUT2D eigenvalue weighted by Gasteiger charge is 2.14. The Hall–Kier alpha value is 0.210. The van der Waals surface area contributed by atoms with Crippen molar-refractivity contribution in [3.05, 3.63) is 0 Å². The Bertz CT molecular complexity index is 146. The smallest absolute Gasteiger partial charge is 0.0483 e. The summed E-state index contributed by atoms with van der Waals surface area (Å²) < 4.78 is 5.31. The van der Waals surface area contributed by atoms with Crippen molar-refractivity contribution in [3.63, 3.8) is 0 Å². The van der Waals surface area contributed by atoms with Gasteiger partial charge in [-0.15, -0.1) is 11.6 Å². The maximum Gasteiger partial charge on any atom is 0.0483 e. The molecule has 1 N–H and O–H groups in total. The van der Waals surface area contributed by atoms with Gasteiger partial charge in [0.2, 0.25) is 0 Å². The van der Waals surface area contributed by atoms with Crippen LogP contribution in [-0.2, 0) is 4.74 Å². The SMILES string of the molecule is CC(C)C(Cl)CNCC1CCOCC1. The first kappa shape index (κ1) is 12.3. The normalized spacial score (nSPS) is 21.4. The van der Waals surface area contributed by atoms with Crippen LogP contribution in [0.1, 0.15) is 26.7 Å². The van der Waals surface area contributed by atoms with Gasteiger partial charge in [0.1, 0.15) is 0 Å². The van der Waals surface area contributed by atoms with Crippen LogP contribution in [0.15, 0.2) is 0 Å². The van der Waals surface area contributed by atoms with Crippen LogP contribution in [0.3, 0.4) is 0 Å². The molecule has 0 aromatic carbocycles. The molecule has 0 aliphatic carbocycles. The highest BCUT2D eigenvalue weighted by molar-refractivity contribution is 6.20. The van der Waals surface area contributed by atoms with E-state index in [1.165, 1.54) is 12.8 Å². The van der Waals surface area contributed by atoms with E-state index in [1.54, 1.807) is 0 Å². The third-order valence-corrected chi connectivity index (χ3v) is 3.49. The van der Waals surface area contributed by atoms with Crippen LogP contribution >= 0.6 is 11.6 Å². The van der Waals surface area contributed by atoms with E-state index in [1.807, 2.05) is 0 Å². The van der Waals surface area contributed by atoms with Crippen molar-refractivity contribution in [3.8, 4) is 0 Å². The van der Waals surface area contributed by atoms with Gasteiger partial charge in [-0.25, -0.2) is 0 Å². The van der Waals surface area contributed by atoms with Gasteiger partial charge in [-0.3, -0.25) is 0 Å². The van der Waals surface area contributed by atoms with Gasteiger partial charge in [0.15, 0.2) is 0 Å². The molecule has 0 aromatic rings. The van der Waals surface area contributed by atoms with Crippen LogP contribution < -0.4 is 5.32 Å². The lowest BCUT2D eigenvalue weighted by Gasteiger charge is -2.23. The van der Waals surface area contributed by atoms with E-state index in [4.69, 9.17) is 16.3 Å². The van der Waals surface area contributed by atoms with Crippen molar-refractivity contribution < 1.29 is 4.74 Å². The second kappa shape index (κ2) is 6.65. The minimum atomic E-state index is 0.259. The molecule has 1 aliphatic rings. The van der Waals surface area contributed by atoms with Gasteiger partial charge in [-0.1, -0.05) is 13.8 Å². The van der Waals surface area contributed by atoms with Crippen LogP contribution in [0.2, 0.25) is 0 Å². The minimum Gasteiger partial charge on any atom is -0.381 e. The third-order valence-electron chi connectivity index (χ3n) is 2.84. The summed E-state index contributed by atoms with van der Waals surface area (Å²) in [6.07, 6.45) is 2.39. The molecule has 84 valence electrons. The first-order valence-electron chi connectivity index (χ1n) is 5.62. The van der Waals surface area contributed by atoms with E-state index in [-0.39, 0.29) is 5.38 Å². The van der Waals surface area contributed by atoms with Gasteiger partial charge in [0.25, 0.3) is 0 Å². The Morgan fingerprint density at radius 3 is 2.57 bits per heavy atom. The molecule has 1 fully saturated rings. The summed E-state index contributed by atoms with van der Waals surface area (Å²) in [4.78, 5) is 0. The summed E-state index contributed by atoms with van der Waals surface area (Å²) in [5, 5.41) is 3.71. The van der Waals surface area contributed by atoms with Gasteiger partial charge in [0, 0.05) is 25.1 Å². The fourth-order valence-corrected chi connectivity index (χ4v) is 1.72. The number of nitrogens with one attached hydrogen (secondary N) is 1. The van der Waals surface area contributed by atoms with Gasteiger partial charge >= 0.3 is 0 Å². The first-order chi connectivity index (χ1) is 6.70. The maximum atomic E-state index is 6.15. The Morgan fingerprint density at radius 1 is 1.36 bits per heavy atom. The molecule has 1 unspecified atom stereocenters. The van der Waals surface area contributed by atoms with Crippen molar-refractivity contribution in [1.29, 1.82) is 0 Å². The van der Waals surface area contributed by atoms with E-state index in [0.29, 0.717) is 5.92 Å². The van der Waals surface area contributed by atoms with Crippen molar-refractivity contribution in [2.45, 2.75) is 32.1 Å². The summed E-state index contributed by atoms with van der Waals surface area (Å²) in [5.74, 6) is 1.35. The zero-order valence-corrected chi connectivity index (χ0v) is 10.0. The zero-order valence-electron chi connectivity index (χ0n) is 9.26. The molecule has 0 saturated carbocycles. The largest absolute Gasteiger partial charge is 0.381 e. The number of halogens is 1. The summed E-state index contributed by atoms with van der Waals surface area (Å²) in [6, 6.07) is 0. The molecule has 3 heteroatoms. The molecule has 1 saturated heterocycles. The average molecular weight is 220 g/mol. The molecular formula is C11H22ClNO. The number of rotatable bonds is 5. The van der Waals surface area contributed by atoms with E-state index >= 15 is 0 Å². The lowest BCUT2D eigenvalue weighted by molar-refractivity contribution is 0.0663. The molecule has 0 bridgehead atoms. The second-order valence-electron chi connectivity index (χ2n) is 4.47. The van der Waals surface area contributed by atoms with Gasteiger partial charge in [-0.05, 0) is 31.2 Å². The maximum absolute atomic E-state index is 6.15. The summed E-state index contributed by atoms with van der Waals surface area (Å²) >= 11 is 6.15. The lowest BCUT2D eigenvalue weighted by Crippen LogP contribution is -2.33. The van der Waals surface area contributed by atoms with E-state index in [2.05, 4.69) is 19.2 Å². The van der Waals surface area contributed by atoms with Crippen LogP contribution in [0.5, 0.6) is 0 Å². The highest BCUT2D eigenvalue weighted by atomic mass is 35.5. The molecular weight excluding hydrogens is 198 g/mol. The van der Waals surface area contributed by atoms with Gasteiger partial charge in [-0.2, -0.15) is 0 Å². The van der Waals surface area contributed by atoms with Crippen LogP contribution in [-0.4, -0.2) is 31.7 Å². The van der Waals surface area contributed by atoms with Crippen molar-refractivity contribution in [2.24, 2.45) is 11.8 Å². The minimum absolute atomic E-state index is 0.259. The molecule has 0 aromatic heterocycles. The topological polar surface area (TPSA) is 21.3 Å². The monoisotopic (exact) mass is 219 g/mol. The molecule has 1 rings (SSSR count). The Kier molecular flexibility index (Phi) is 5.83. The first-order valence-corrected chi connectivity index (χ1v) is 6.06. The molecule has 0 amide bonds. The van der Waals surface area contributed by atoms with Crippen molar-refractivity contribution >= 4 is 11.6 Å². The molecule has 0 radical (unpaired) electrons. The Morgan fingerprint density at radius 2 is 2.00 bits per heavy atom. The summed E-state index contributed by atoms with van der Waals surface area (Å²) in [7, 11) is 0. The second-order valence-corrected chi connectivity index (χ2v) is 5.03. The van der Waals surface area contributed by atoms with Crippen LogP contribution in [0.4, 0.5) is 0 Å². The molecule has 0 spiro atoms. The van der Waals surface area contributed by atoms with E-state index < -0.39 is 0 Å². The molecule has 1 heterocycles. The highest BCUT2D eigenvalue weighted by Crippen LogP contribution is 2.14. The van der Waals surface area contributed by atoms with Crippen molar-refractivity contribution in [1.82, 2.24) is 5.32 Å². The molecule has 14 heavy (non-hydrogen) atoms. The van der Waals surface area contributed by atoms with E-state index in [9.17, 15) is 0 Å². The van der Waals surface area contributed by atoms with Gasteiger partial charge in [0.05, 0.1) is 0 Å². The number of hydrogen-bond donors (Lipinski definition) is 1. The fourth-order valence-electron chi connectivity index (χ4n) is 1.61. The predicted molar refractivity (Wildman–Crippen MR) is 60.9 cm³/mol. The average Bonchev–Trinajstić information content (AvgIpc) is 2.19. The third kappa shape index (κ3) is 4.63. The molecule has 1 aliphatic heterocycles. The fraction of sp³-hybridized carbons (Fsp3) is 1.00.